The van der Waals surface area contributed by atoms with Crippen LogP contribution >= 0.6 is 11.6 Å². The quantitative estimate of drug-likeness (QED) is 0.794. The second-order valence-corrected chi connectivity index (χ2v) is 3.34. The van der Waals surface area contributed by atoms with Gasteiger partial charge in [-0.15, -0.1) is 20.4 Å². The summed E-state index contributed by atoms with van der Waals surface area (Å²) in [5.74, 6) is 0.902. The van der Waals surface area contributed by atoms with E-state index in [0.29, 0.717) is 17.2 Å². The van der Waals surface area contributed by atoms with Crippen LogP contribution in [0.25, 0.3) is 11.4 Å². The first-order chi connectivity index (χ1) is 7.16. The van der Waals surface area contributed by atoms with Gasteiger partial charge in [0.1, 0.15) is 5.75 Å². The van der Waals surface area contributed by atoms with E-state index in [1.54, 1.807) is 19.1 Å². The molecular weight excluding hydrogens is 216 g/mol. The third-order valence-corrected chi connectivity index (χ3v) is 2.09. The first-order valence-electron chi connectivity index (χ1n) is 4.20. The number of rotatable bonds is 1. The van der Waals surface area contributed by atoms with Crippen molar-refractivity contribution in [1.82, 2.24) is 20.4 Å². The molecule has 0 saturated heterocycles. The molecule has 0 aliphatic rings. The zero-order chi connectivity index (χ0) is 10.8. The predicted octanol–water partition coefficient (Wildman–Crippen LogP) is 1.60. The summed E-state index contributed by atoms with van der Waals surface area (Å²) in [6.45, 7) is 1.70. The average Bonchev–Trinajstić information content (AvgIpc) is 2.23. The predicted molar refractivity (Wildman–Crippen MR) is 54.5 cm³/mol. The van der Waals surface area contributed by atoms with Crippen molar-refractivity contribution in [3.63, 3.8) is 0 Å². The van der Waals surface area contributed by atoms with Gasteiger partial charge in [-0.3, -0.25) is 0 Å². The van der Waals surface area contributed by atoms with Crippen molar-refractivity contribution in [3.8, 4) is 17.1 Å². The molecule has 1 aromatic heterocycles. The summed E-state index contributed by atoms with van der Waals surface area (Å²) < 4.78 is 0. The van der Waals surface area contributed by atoms with Crippen molar-refractivity contribution in [2.45, 2.75) is 6.92 Å². The molecule has 0 saturated carbocycles. The Hall–Kier alpha value is -1.75. The van der Waals surface area contributed by atoms with Gasteiger partial charge < -0.3 is 5.11 Å². The van der Waals surface area contributed by atoms with E-state index < -0.39 is 0 Å². The minimum atomic E-state index is 0.0217. The average molecular weight is 223 g/mol. The molecule has 0 unspecified atom stereocenters. The summed E-state index contributed by atoms with van der Waals surface area (Å²) in [6, 6.07) is 4.68. The molecule has 0 radical (unpaired) electrons. The lowest BCUT2D eigenvalue weighted by Gasteiger charge is -2.00. The highest BCUT2D eigenvalue weighted by atomic mass is 35.5. The maximum Gasteiger partial charge on any atom is 0.203 e. The number of hydrogen-bond donors (Lipinski definition) is 1. The van der Waals surface area contributed by atoms with Crippen LogP contribution in [0.1, 0.15) is 5.82 Å². The number of phenols is 1. The minimum Gasteiger partial charge on any atom is -0.506 e. The topological polar surface area (TPSA) is 71.8 Å². The molecule has 0 bridgehead atoms. The number of halogens is 1. The highest BCUT2D eigenvalue weighted by molar-refractivity contribution is 6.32. The zero-order valence-electron chi connectivity index (χ0n) is 7.85. The Morgan fingerprint density at radius 2 is 1.80 bits per heavy atom. The summed E-state index contributed by atoms with van der Waals surface area (Å²) >= 11 is 5.75. The highest BCUT2D eigenvalue weighted by Gasteiger charge is 2.05. The van der Waals surface area contributed by atoms with Gasteiger partial charge in [0.05, 0.1) is 5.02 Å². The first kappa shape index (κ1) is 9.79. The fraction of sp³-hybridized carbons (Fsp3) is 0.111. The third-order valence-electron chi connectivity index (χ3n) is 1.78. The molecule has 0 aliphatic heterocycles. The summed E-state index contributed by atoms with van der Waals surface area (Å²) in [5, 5.41) is 24.7. The van der Waals surface area contributed by atoms with E-state index in [2.05, 4.69) is 20.4 Å². The van der Waals surface area contributed by atoms with Gasteiger partial charge in [-0.1, -0.05) is 11.6 Å². The number of hydrogen-bond acceptors (Lipinski definition) is 5. The third kappa shape index (κ3) is 2.02. The van der Waals surface area contributed by atoms with E-state index in [0.717, 1.165) is 0 Å². The van der Waals surface area contributed by atoms with Crippen molar-refractivity contribution in [3.05, 3.63) is 29.0 Å². The molecule has 2 aromatic rings. The summed E-state index contributed by atoms with van der Waals surface area (Å²) in [6.07, 6.45) is 0. The maximum atomic E-state index is 9.23. The van der Waals surface area contributed by atoms with E-state index in [1.807, 2.05) is 0 Å². The second kappa shape index (κ2) is 3.78. The number of aromatic nitrogens is 4. The van der Waals surface area contributed by atoms with Crippen LogP contribution in [0.3, 0.4) is 0 Å². The van der Waals surface area contributed by atoms with Crippen LogP contribution in [0.4, 0.5) is 0 Å². The van der Waals surface area contributed by atoms with Gasteiger partial charge >= 0.3 is 0 Å². The van der Waals surface area contributed by atoms with Crippen molar-refractivity contribution in [2.75, 3.05) is 0 Å². The standard InChI is InChI=1S/C9H7ClN4O/c1-5-11-13-9(14-12-5)6-2-3-8(15)7(10)4-6/h2-4,15H,1H3. The van der Waals surface area contributed by atoms with Crippen molar-refractivity contribution < 1.29 is 5.11 Å². The van der Waals surface area contributed by atoms with Gasteiger partial charge in [0.15, 0.2) is 5.82 Å². The fourth-order valence-electron chi connectivity index (χ4n) is 1.04. The van der Waals surface area contributed by atoms with Crippen LogP contribution in [-0.4, -0.2) is 25.5 Å². The van der Waals surface area contributed by atoms with E-state index in [-0.39, 0.29) is 10.8 Å². The van der Waals surface area contributed by atoms with E-state index in [9.17, 15) is 5.11 Å². The second-order valence-electron chi connectivity index (χ2n) is 2.94. The normalized spacial score (nSPS) is 10.3. The largest absolute Gasteiger partial charge is 0.506 e. The van der Waals surface area contributed by atoms with Crippen LogP contribution in [-0.2, 0) is 0 Å². The Kier molecular flexibility index (Phi) is 2.47. The molecule has 2 rings (SSSR count). The molecule has 0 spiro atoms. The minimum absolute atomic E-state index is 0.0217. The molecule has 1 aromatic carbocycles. The molecule has 0 amide bonds. The van der Waals surface area contributed by atoms with Crippen LogP contribution in [0, 0.1) is 6.92 Å². The lowest BCUT2D eigenvalue weighted by molar-refractivity contribution is 0.475. The van der Waals surface area contributed by atoms with E-state index in [1.165, 1.54) is 6.07 Å². The van der Waals surface area contributed by atoms with Crippen molar-refractivity contribution in [2.24, 2.45) is 0 Å². The molecule has 76 valence electrons. The molecule has 1 heterocycles. The van der Waals surface area contributed by atoms with Crippen molar-refractivity contribution in [1.29, 1.82) is 0 Å². The van der Waals surface area contributed by atoms with Crippen molar-refractivity contribution >= 4 is 11.6 Å². The first-order valence-corrected chi connectivity index (χ1v) is 4.57. The zero-order valence-corrected chi connectivity index (χ0v) is 8.60. The monoisotopic (exact) mass is 222 g/mol. The van der Waals surface area contributed by atoms with Crippen LogP contribution in [0.2, 0.25) is 5.02 Å². The van der Waals surface area contributed by atoms with E-state index >= 15 is 0 Å². The number of phenolic OH excluding ortho intramolecular Hbond substituents is 1. The van der Waals surface area contributed by atoms with Gasteiger partial charge in [-0.2, -0.15) is 0 Å². The Labute approximate surface area is 90.8 Å². The van der Waals surface area contributed by atoms with Gasteiger partial charge in [-0.05, 0) is 25.1 Å². The number of benzene rings is 1. The summed E-state index contributed by atoms with van der Waals surface area (Å²) in [7, 11) is 0. The molecule has 0 fully saturated rings. The van der Waals surface area contributed by atoms with Gasteiger partial charge in [0, 0.05) is 5.56 Å². The Morgan fingerprint density at radius 3 is 2.40 bits per heavy atom. The lowest BCUT2D eigenvalue weighted by atomic mass is 10.2. The summed E-state index contributed by atoms with van der Waals surface area (Å²) in [4.78, 5) is 0. The highest BCUT2D eigenvalue weighted by Crippen LogP contribution is 2.27. The smallest absolute Gasteiger partial charge is 0.203 e. The van der Waals surface area contributed by atoms with Crippen LogP contribution < -0.4 is 0 Å². The molecule has 15 heavy (non-hydrogen) atoms. The Balaban J connectivity index is 2.45. The van der Waals surface area contributed by atoms with E-state index in [4.69, 9.17) is 11.6 Å². The molecule has 0 aliphatic carbocycles. The number of aromatic hydroxyl groups is 1. The van der Waals surface area contributed by atoms with Crippen LogP contribution in [0.5, 0.6) is 5.75 Å². The molecule has 5 nitrogen and oxygen atoms in total. The number of nitrogens with zero attached hydrogens (tertiary/aromatic N) is 4. The molecule has 0 atom stereocenters. The fourth-order valence-corrected chi connectivity index (χ4v) is 1.22. The Morgan fingerprint density at radius 1 is 1.13 bits per heavy atom. The molecule has 6 heteroatoms. The van der Waals surface area contributed by atoms with Gasteiger partial charge in [0.2, 0.25) is 5.82 Å². The van der Waals surface area contributed by atoms with Gasteiger partial charge in [-0.25, -0.2) is 0 Å². The molecular formula is C9H7ClN4O. The Bertz CT molecular complexity index is 486. The van der Waals surface area contributed by atoms with Gasteiger partial charge in [0.25, 0.3) is 0 Å². The SMILES string of the molecule is Cc1nnc(-c2ccc(O)c(Cl)c2)nn1. The summed E-state index contributed by atoms with van der Waals surface area (Å²) in [5.41, 5.74) is 0.665. The maximum absolute atomic E-state index is 9.23. The number of aryl methyl sites for hydroxylation is 1. The molecule has 1 N–H and O–H groups in total. The van der Waals surface area contributed by atoms with Crippen LogP contribution in [0.15, 0.2) is 18.2 Å². The lowest BCUT2D eigenvalue weighted by Crippen LogP contribution is -1.98.